The van der Waals surface area contributed by atoms with Crippen LogP contribution in [0, 0.1) is 0 Å². The molecule has 0 bridgehead atoms. The number of hydrogen-bond acceptors (Lipinski definition) is 3. The maximum absolute atomic E-state index is 6.14. The second kappa shape index (κ2) is 4.42. The third-order valence-corrected chi connectivity index (χ3v) is 4.30. The highest BCUT2D eigenvalue weighted by atomic mass is 35.5. The van der Waals surface area contributed by atoms with Crippen LogP contribution in [0.15, 0.2) is 17.5 Å². The highest BCUT2D eigenvalue weighted by Gasteiger charge is 2.31. The minimum atomic E-state index is 0.326. The molecule has 0 aromatic carbocycles. The third-order valence-electron chi connectivity index (χ3n) is 3.14. The van der Waals surface area contributed by atoms with Crippen LogP contribution >= 0.6 is 22.9 Å². The Morgan fingerprint density at radius 1 is 1.53 bits per heavy atom. The summed E-state index contributed by atoms with van der Waals surface area (Å²) in [6, 6.07) is 4.57. The van der Waals surface area contributed by atoms with Gasteiger partial charge < -0.3 is 0 Å². The Labute approximate surface area is 109 Å². The van der Waals surface area contributed by atoms with Crippen molar-refractivity contribution in [1.29, 1.82) is 0 Å². The molecule has 1 aliphatic carbocycles. The summed E-state index contributed by atoms with van der Waals surface area (Å²) in [7, 11) is 0. The molecule has 0 amide bonds. The van der Waals surface area contributed by atoms with E-state index in [1.807, 2.05) is 0 Å². The molecule has 2 aromatic heterocycles. The second-order valence-corrected chi connectivity index (χ2v) is 5.97. The lowest BCUT2D eigenvalue weighted by Crippen LogP contribution is -2.11. The van der Waals surface area contributed by atoms with Crippen LogP contribution in [0.25, 0.3) is 0 Å². The van der Waals surface area contributed by atoms with Gasteiger partial charge in [-0.15, -0.1) is 21.5 Å². The van der Waals surface area contributed by atoms with E-state index in [-0.39, 0.29) is 0 Å². The van der Waals surface area contributed by atoms with Crippen LogP contribution in [0.3, 0.4) is 0 Å². The molecule has 0 spiro atoms. The average molecular weight is 268 g/mol. The SMILES string of the molecule is CC(Cc1cccs1)n1c(Cl)nnc1C1CC1. The number of hydrogen-bond donors (Lipinski definition) is 0. The molecular formula is C12H14ClN3S. The predicted octanol–water partition coefficient (Wildman–Crippen LogP) is 3.67. The van der Waals surface area contributed by atoms with E-state index in [2.05, 4.69) is 39.2 Å². The van der Waals surface area contributed by atoms with E-state index in [1.165, 1.54) is 17.7 Å². The molecule has 1 unspecified atom stereocenters. The van der Waals surface area contributed by atoms with Gasteiger partial charge in [0.2, 0.25) is 5.28 Å². The molecule has 0 N–H and O–H groups in total. The molecule has 17 heavy (non-hydrogen) atoms. The number of thiophene rings is 1. The summed E-state index contributed by atoms with van der Waals surface area (Å²) < 4.78 is 2.10. The lowest BCUT2D eigenvalue weighted by atomic mass is 10.2. The summed E-state index contributed by atoms with van der Waals surface area (Å²) >= 11 is 7.93. The van der Waals surface area contributed by atoms with Crippen molar-refractivity contribution in [3.8, 4) is 0 Å². The van der Waals surface area contributed by atoms with E-state index >= 15 is 0 Å². The minimum absolute atomic E-state index is 0.326. The largest absolute Gasteiger partial charge is 0.298 e. The number of nitrogens with zero attached hydrogens (tertiary/aromatic N) is 3. The van der Waals surface area contributed by atoms with Crippen molar-refractivity contribution in [1.82, 2.24) is 14.8 Å². The zero-order valence-corrected chi connectivity index (χ0v) is 11.2. The second-order valence-electron chi connectivity index (χ2n) is 4.60. The lowest BCUT2D eigenvalue weighted by Gasteiger charge is -2.15. The van der Waals surface area contributed by atoms with E-state index < -0.39 is 0 Å². The molecule has 0 radical (unpaired) electrons. The first-order valence-electron chi connectivity index (χ1n) is 5.88. The molecule has 1 fully saturated rings. The van der Waals surface area contributed by atoms with Crippen LogP contribution in [0.5, 0.6) is 0 Å². The summed E-state index contributed by atoms with van der Waals surface area (Å²) in [5, 5.41) is 10.9. The Kier molecular flexibility index (Phi) is 2.92. The monoisotopic (exact) mass is 267 g/mol. The van der Waals surface area contributed by atoms with E-state index in [9.17, 15) is 0 Å². The van der Waals surface area contributed by atoms with E-state index in [0.29, 0.717) is 17.2 Å². The van der Waals surface area contributed by atoms with Crippen LogP contribution < -0.4 is 0 Å². The van der Waals surface area contributed by atoms with Crippen molar-refractivity contribution in [3.05, 3.63) is 33.5 Å². The molecule has 90 valence electrons. The molecular weight excluding hydrogens is 254 g/mol. The van der Waals surface area contributed by atoms with Gasteiger partial charge in [0, 0.05) is 23.3 Å². The maximum Gasteiger partial charge on any atom is 0.225 e. The molecule has 5 heteroatoms. The summed E-state index contributed by atoms with van der Waals surface area (Å²) in [6.45, 7) is 2.18. The van der Waals surface area contributed by atoms with Gasteiger partial charge >= 0.3 is 0 Å². The van der Waals surface area contributed by atoms with Gasteiger partial charge in [0.1, 0.15) is 5.82 Å². The van der Waals surface area contributed by atoms with Crippen molar-refractivity contribution in [3.63, 3.8) is 0 Å². The molecule has 2 heterocycles. The van der Waals surface area contributed by atoms with Crippen molar-refractivity contribution < 1.29 is 0 Å². The Bertz CT molecular complexity index is 502. The first kappa shape index (κ1) is 11.2. The van der Waals surface area contributed by atoms with Gasteiger partial charge in [0.15, 0.2) is 0 Å². The maximum atomic E-state index is 6.14. The molecule has 1 atom stereocenters. The van der Waals surface area contributed by atoms with Gasteiger partial charge in [0.05, 0.1) is 0 Å². The zero-order valence-electron chi connectivity index (χ0n) is 9.64. The topological polar surface area (TPSA) is 30.7 Å². The molecule has 1 aliphatic rings. The van der Waals surface area contributed by atoms with Crippen LogP contribution in [0.1, 0.15) is 42.4 Å². The molecule has 0 saturated heterocycles. The quantitative estimate of drug-likeness (QED) is 0.846. The lowest BCUT2D eigenvalue weighted by molar-refractivity contribution is 0.524. The first-order chi connectivity index (χ1) is 8.25. The average Bonchev–Trinajstić information content (AvgIpc) is 2.88. The Morgan fingerprint density at radius 3 is 3.00 bits per heavy atom. The molecule has 3 nitrogen and oxygen atoms in total. The number of aromatic nitrogens is 3. The van der Waals surface area contributed by atoms with Crippen molar-refractivity contribution in [2.24, 2.45) is 0 Å². The van der Waals surface area contributed by atoms with Gasteiger partial charge in [-0.2, -0.15) is 0 Å². The van der Waals surface area contributed by atoms with Gasteiger partial charge in [-0.05, 0) is 42.8 Å². The van der Waals surface area contributed by atoms with Crippen molar-refractivity contribution >= 4 is 22.9 Å². The van der Waals surface area contributed by atoms with Gasteiger partial charge in [-0.3, -0.25) is 4.57 Å². The first-order valence-corrected chi connectivity index (χ1v) is 7.14. The molecule has 1 saturated carbocycles. The van der Waals surface area contributed by atoms with Gasteiger partial charge in [-0.25, -0.2) is 0 Å². The van der Waals surface area contributed by atoms with E-state index in [1.54, 1.807) is 11.3 Å². The molecule has 3 rings (SSSR count). The summed E-state index contributed by atoms with van der Waals surface area (Å²) in [6.07, 6.45) is 3.44. The van der Waals surface area contributed by atoms with Crippen LogP contribution in [-0.4, -0.2) is 14.8 Å². The van der Waals surface area contributed by atoms with Crippen LogP contribution in [0.4, 0.5) is 0 Å². The summed E-state index contributed by atoms with van der Waals surface area (Å²) in [5.41, 5.74) is 0. The van der Waals surface area contributed by atoms with E-state index in [4.69, 9.17) is 11.6 Å². The smallest absolute Gasteiger partial charge is 0.225 e. The standard InChI is InChI=1S/C12H14ClN3S/c1-8(7-10-3-2-6-17-10)16-11(9-4-5-9)14-15-12(16)13/h2-3,6,8-9H,4-5,7H2,1H3. The summed E-state index contributed by atoms with van der Waals surface area (Å²) in [5.74, 6) is 1.65. The van der Waals surface area contributed by atoms with Crippen molar-refractivity contribution in [2.75, 3.05) is 0 Å². The normalized spacial score (nSPS) is 17.3. The number of halogens is 1. The Morgan fingerprint density at radius 2 is 2.35 bits per heavy atom. The highest BCUT2D eigenvalue weighted by Crippen LogP contribution is 2.41. The number of rotatable bonds is 4. The fourth-order valence-corrected chi connectivity index (χ4v) is 3.24. The predicted molar refractivity (Wildman–Crippen MR) is 69.7 cm³/mol. The van der Waals surface area contributed by atoms with Gasteiger partial charge in [-0.1, -0.05) is 6.07 Å². The fourth-order valence-electron chi connectivity index (χ4n) is 2.12. The van der Waals surface area contributed by atoms with Crippen LogP contribution in [-0.2, 0) is 6.42 Å². The van der Waals surface area contributed by atoms with E-state index in [0.717, 1.165) is 12.2 Å². The Balaban J connectivity index is 1.84. The van der Waals surface area contributed by atoms with Gasteiger partial charge in [0.25, 0.3) is 0 Å². The zero-order chi connectivity index (χ0) is 11.8. The molecule has 2 aromatic rings. The third kappa shape index (κ3) is 2.24. The fraction of sp³-hybridized carbons (Fsp3) is 0.500. The molecule has 0 aliphatic heterocycles. The highest BCUT2D eigenvalue weighted by molar-refractivity contribution is 7.09. The Hall–Kier alpha value is -0.870. The van der Waals surface area contributed by atoms with Crippen LogP contribution in [0.2, 0.25) is 5.28 Å². The summed E-state index contributed by atoms with van der Waals surface area (Å²) in [4.78, 5) is 1.38. The minimum Gasteiger partial charge on any atom is -0.298 e. The van der Waals surface area contributed by atoms with Crippen molar-refractivity contribution in [2.45, 2.75) is 38.1 Å².